The molecule has 19 heavy (non-hydrogen) atoms. The zero-order valence-electron chi connectivity index (χ0n) is 10.7. The number of hydrogen-bond acceptors (Lipinski definition) is 6. The summed E-state index contributed by atoms with van der Waals surface area (Å²) in [5.41, 5.74) is 4.29. The summed E-state index contributed by atoms with van der Waals surface area (Å²) in [5, 5.41) is 6.55. The quantitative estimate of drug-likeness (QED) is 0.557. The molecule has 1 amide bonds. The maximum atomic E-state index is 12.0. The first-order valence-electron chi connectivity index (χ1n) is 5.74. The molecule has 0 aliphatic rings. The maximum absolute atomic E-state index is 12.0. The second kappa shape index (κ2) is 5.49. The maximum Gasteiger partial charge on any atom is 0.251 e. The lowest BCUT2D eigenvalue weighted by molar-refractivity contribution is 0.0950. The van der Waals surface area contributed by atoms with E-state index >= 15 is 0 Å². The van der Waals surface area contributed by atoms with Gasteiger partial charge in [-0.15, -0.1) is 0 Å². The predicted octanol–water partition coefficient (Wildman–Crippen LogP) is 0.902. The lowest BCUT2D eigenvalue weighted by Gasteiger charge is -2.06. The Morgan fingerprint density at radius 1 is 1.37 bits per heavy atom. The van der Waals surface area contributed by atoms with Crippen LogP contribution in [-0.4, -0.2) is 16.0 Å². The average Bonchev–Trinajstić information content (AvgIpc) is 2.81. The van der Waals surface area contributed by atoms with Crippen molar-refractivity contribution in [2.45, 2.75) is 20.4 Å². The van der Waals surface area contributed by atoms with Crippen LogP contribution in [0.5, 0.6) is 0 Å². The van der Waals surface area contributed by atoms with Crippen LogP contribution >= 0.6 is 0 Å². The van der Waals surface area contributed by atoms with Gasteiger partial charge in [0.2, 0.25) is 0 Å². The van der Waals surface area contributed by atoms with Gasteiger partial charge in [-0.05, 0) is 26.0 Å². The Morgan fingerprint density at radius 3 is 2.79 bits per heavy atom. The molecule has 0 atom stereocenters. The van der Waals surface area contributed by atoms with Gasteiger partial charge in [0, 0.05) is 17.3 Å². The van der Waals surface area contributed by atoms with Crippen LogP contribution in [-0.2, 0) is 6.54 Å². The Bertz CT molecular complexity index is 594. The van der Waals surface area contributed by atoms with Gasteiger partial charge in [-0.3, -0.25) is 4.79 Å². The van der Waals surface area contributed by atoms with Crippen molar-refractivity contribution in [2.75, 3.05) is 5.43 Å². The van der Waals surface area contributed by atoms with Crippen LogP contribution in [0, 0.1) is 13.8 Å². The molecule has 2 heterocycles. The van der Waals surface area contributed by atoms with Crippen LogP contribution in [0.25, 0.3) is 0 Å². The number of nitrogen functional groups attached to an aromatic ring is 1. The molecule has 0 fully saturated rings. The number of hydrazine groups is 1. The van der Waals surface area contributed by atoms with Gasteiger partial charge < -0.3 is 15.3 Å². The fourth-order valence-electron chi connectivity index (χ4n) is 1.65. The number of amides is 1. The molecule has 0 unspecified atom stereocenters. The number of nitrogens with zero attached hydrogens (tertiary/aromatic N) is 2. The topological polar surface area (TPSA) is 106 Å². The summed E-state index contributed by atoms with van der Waals surface area (Å²) in [6, 6.07) is 5.03. The van der Waals surface area contributed by atoms with Gasteiger partial charge in [0.05, 0.1) is 6.54 Å². The summed E-state index contributed by atoms with van der Waals surface area (Å²) in [4.78, 5) is 16.1. The first-order valence-corrected chi connectivity index (χ1v) is 5.74. The first-order chi connectivity index (χ1) is 9.08. The van der Waals surface area contributed by atoms with Crippen molar-refractivity contribution in [3.8, 4) is 0 Å². The minimum absolute atomic E-state index is 0.220. The second-order valence-corrected chi connectivity index (χ2v) is 4.14. The number of aryl methyl sites for hydroxylation is 2. The van der Waals surface area contributed by atoms with Gasteiger partial charge in [0.15, 0.2) is 0 Å². The highest BCUT2D eigenvalue weighted by atomic mass is 16.5. The molecule has 0 bridgehead atoms. The molecule has 0 aliphatic heterocycles. The molecule has 7 heteroatoms. The molecule has 0 aromatic carbocycles. The van der Waals surface area contributed by atoms with Crippen molar-refractivity contribution in [3.05, 3.63) is 40.9 Å². The number of nitrogens with one attached hydrogen (secondary N) is 2. The number of carbonyl (C=O) groups is 1. The molecular weight excluding hydrogens is 246 g/mol. The molecule has 0 spiro atoms. The van der Waals surface area contributed by atoms with Crippen molar-refractivity contribution in [1.29, 1.82) is 0 Å². The third-order valence-corrected chi connectivity index (χ3v) is 2.47. The van der Waals surface area contributed by atoms with Crippen molar-refractivity contribution in [2.24, 2.45) is 5.84 Å². The van der Waals surface area contributed by atoms with Crippen LogP contribution < -0.4 is 16.6 Å². The third-order valence-electron chi connectivity index (χ3n) is 2.47. The molecule has 4 N–H and O–H groups in total. The van der Waals surface area contributed by atoms with Crippen LogP contribution in [0.2, 0.25) is 0 Å². The third kappa shape index (κ3) is 3.29. The summed E-state index contributed by atoms with van der Waals surface area (Å²) in [6.45, 7) is 3.89. The Labute approximate surface area is 110 Å². The molecule has 7 nitrogen and oxygen atoms in total. The number of anilines is 1. The summed E-state index contributed by atoms with van der Waals surface area (Å²) in [6.07, 6.45) is 0. The number of hydrogen-bond donors (Lipinski definition) is 3. The van der Waals surface area contributed by atoms with Gasteiger partial charge in [-0.2, -0.15) is 0 Å². The summed E-state index contributed by atoms with van der Waals surface area (Å²) in [7, 11) is 0. The first kappa shape index (κ1) is 13.0. The summed E-state index contributed by atoms with van der Waals surface area (Å²) in [5.74, 6) is 6.22. The van der Waals surface area contributed by atoms with E-state index in [9.17, 15) is 4.79 Å². The number of nitrogens with two attached hydrogens (primary N) is 1. The highest BCUT2D eigenvalue weighted by Gasteiger charge is 2.09. The van der Waals surface area contributed by atoms with Crippen molar-refractivity contribution in [3.63, 3.8) is 0 Å². The molecule has 2 aromatic heterocycles. The number of aromatic nitrogens is 2. The molecule has 0 saturated heterocycles. The van der Waals surface area contributed by atoms with E-state index in [1.165, 1.54) is 0 Å². The molecular formula is C12H15N5O2. The zero-order valence-corrected chi connectivity index (χ0v) is 10.7. The van der Waals surface area contributed by atoms with Gasteiger partial charge >= 0.3 is 0 Å². The minimum Gasteiger partial charge on any atom is -0.361 e. The normalized spacial score (nSPS) is 10.3. The summed E-state index contributed by atoms with van der Waals surface area (Å²) >= 11 is 0. The van der Waals surface area contributed by atoms with Crippen molar-refractivity contribution >= 4 is 11.7 Å². The Morgan fingerprint density at radius 2 is 2.16 bits per heavy atom. The fraction of sp³-hybridized carbons (Fsp3) is 0.250. The lowest BCUT2D eigenvalue weighted by Crippen LogP contribution is -2.23. The lowest BCUT2D eigenvalue weighted by atomic mass is 10.2. The van der Waals surface area contributed by atoms with E-state index in [0.717, 1.165) is 0 Å². The summed E-state index contributed by atoms with van der Waals surface area (Å²) < 4.78 is 4.92. The van der Waals surface area contributed by atoms with E-state index in [4.69, 9.17) is 10.4 Å². The molecule has 2 aromatic rings. The van der Waals surface area contributed by atoms with Crippen molar-refractivity contribution < 1.29 is 9.32 Å². The standard InChI is InChI=1S/C12H15N5O2/c1-7-3-9(5-11(15-7)16-13)12(18)14-6-10-4-8(2)19-17-10/h3-5H,6,13H2,1-2H3,(H,14,18)(H,15,16). The minimum atomic E-state index is -0.220. The van der Waals surface area contributed by atoms with E-state index in [1.807, 2.05) is 0 Å². The van der Waals surface area contributed by atoms with E-state index < -0.39 is 0 Å². The monoisotopic (exact) mass is 261 g/mol. The van der Waals surface area contributed by atoms with Crippen LogP contribution in [0.1, 0.15) is 27.5 Å². The van der Waals surface area contributed by atoms with Crippen LogP contribution in [0.3, 0.4) is 0 Å². The van der Waals surface area contributed by atoms with Gasteiger partial charge in [-0.1, -0.05) is 5.16 Å². The van der Waals surface area contributed by atoms with E-state index in [-0.39, 0.29) is 5.91 Å². The van der Waals surface area contributed by atoms with E-state index in [2.05, 4.69) is 20.9 Å². The molecule has 100 valence electrons. The predicted molar refractivity (Wildman–Crippen MR) is 69.2 cm³/mol. The van der Waals surface area contributed by atoms with Gasteiger partial charge in [-0.25, -0.2) is 10.8 Å². The molecule has 2 rings (SSSR count). The van der Waals surface area contributed by atoms with Gasteiger partial charge in [0.1, 0.15) is 17.3 Å². The smallest absolute Gasteiger partial charge is 0.251 e. The van der Waals surface area contributed by atoms with Crippen molar-refractivity contribution in [1.82, 2.24) is 15.5 Å². The Hall–Kier alpha value is -2.41. The zero-order chi connectivity index (χ0) is 13.8. The highest BCUT2D eigenvalue weighted by Crippen LogP contribution is 2.09. The largest absolute Gasteiger partial charge is 0.361 e. The average molecular weight is 261 g/mol. The van der Waals surface area contributed by atoms with E-state index in [0.29, 0.717) is 35.1 Å². The van der Waals surface area contributed by atoms with Crippen LogP contribution in [0.4, 0.5) is 5.82 Å². The van der Waals surface area contributed by atoms with E-state index in [1.54, 1.807) is 32.0 Å². The molecule has 0 saturated carbocycles. The second-order valence-electron chi connectivity index (χ2n) is 4.14. The number of carbonyl (C=O) groups excluding carboxylic acids is 1. The highest BCUT2D eigenvalue weighted by molar-refractivity contribution is 5.94. The Kier molecular flexibility index (Phi) is 3.76. The molecule has 0 radical (unpaired) electrons. The van der Waals surface area contributed by atoms with Crippen LogP contribution in [0.15, 0.2) is 22.7 Å². The van der Waals surface area contributed by atoms with Gasteiger partial charge in [0.25, 0.3) is 5.91 Å². The fourth-order valence-corrected chi connectivity index (χ4v) is 1.65. The molecule has 0 aliphatic carbocycles. The number of rotatable bonds is 4. The number of pyridine rings is 1. The Balaban J connectivity index is 2.05. The SMILES string of the molecule is Cc1cc(C(=O)NCc2cc(C)on2)cc(NN)n1.